The summed E-state index contributed by atoms with van der Waals surface area (Å²) in [6, 6.07) is 8.34. The number of aliphatic hydroxyl groups is 1. The number of piperidine rings is 1. The zero-order valence-corrected chi connectivity index (χ0v) is 20.5. The van der Waals surface area contributed by atoms with Gasteiger partial charge in [0.1, 0.15) is 10.7 Å². The van der Waals surface area contributed by atoms with Crippen LogP contribution in [-0.2, 0) is 16.2 Å². The Morgan fingerprint density at radius 2 is 1.72 bits per heavy atom. The molecule has 2 bridgehead atoms. The van der Waals surface area contributed by atoms with E-state index in [-0.39, 0.29) is 27.9 Å². The Bertz CT molecular complexity index is 1440. The lowest BCUT2D eigenvalue weighted by molar-refractivity contribution is -0.138. The molecule has 6 rings (SSSR count). The number of fused-ring (bicyclic) bond motifs is 2. The van der Waals surface area contributed by atoms with Gasteiger partial charge >= 0.3 is 6.18 Å². The topological polar surface area (TPSA) is 86.3 Å². The third-order valence-corrected chi connectivity index (χ3v) is 9.86. The molecule has 1 aromatic heterocycles. The highest BCUT2D eigenvalue weighted by atomic mass is 35.5. The van der Waals surface area contributed by atoms with Crippen LogP contribution in [0.4, 0.5) is 13.2 Å². The third-order valence-electron chi connectivity index (χ3n) is 7.38. The van der Waals surface area contributed by atoms with E-state index in [2.05, 4.69) is 9.97 Å². The molecular formula is C25H23ClF3N3O3S. The van der Waals surface area contributed by atoms with Crippen molar-refractivity contribution >= 4 is 21.6 Å². The number of aliphatic hydroxyl groups excluding tert-OH is 1. The fourth-order valence-corrected chi connectivity index (χ4v) is 7.85. The Labute approximate surface area is 211 Å². The molecule has 3 aliphatic rings. The Morgan fingerprint density at radius 1 is 1.03 bits per heavy atom. The Morgan fingerprint density at radius 3 is 2.39 bits per heavy atom. The summed E-state index contributed by atoms with van der Waals surface area (Å²) in [5.41, 5.74) is 0.869. The molecule has 3 fully saturated rings. The molecule has 2 N–H and O–H groups in total. The van der Waals surface area contributed by atoms with Crippen molar-refractivity contribution in [3.05, 3.63) is 58.7 Å². The van der Waals surface area contributed by atoms with Crippen molar-refractivity contribution in [2.45, 2.75) is 67.3 Å². The average Bonchev–Trinajstić information content (AvgIpc) is 3.54. The minimum Gasteiger partial charge on any atom is -0.393 e. The number of nitrogens with zero attached hydrogens (tertiary/aromatic N) is 2. The monoisotopic (exact) mass is 537 g/mol. The van der Waals surface area contributed by atoms with Gasteiger partial charge in [-0.3, -0.25) is 0 Å². The largest absolute Gasteiger partial charge is 0.416 e. The summed E-state index contributed by atoms with van der Waals surface area (Å²) in [6.07, 6.45) is -0.487. The van der Waals surface area contributed by atoms with Crippen molar-refractivity contribution in [3.8, 4) is 22.6 Å². The van der Waals surface area contributed by atoms with Crippen LogP contribution < -0.4 is 0 Å². The second-order valence-corrected chi connectivity index (χ2v) is 12.1. The van der Waals surface area contributed by atoms with E-state index >= 15 is 0 Å². The van der Waals surface area contributed by atoms with Crippen molar-refractivity contribution < 1.29 is 26.7 Å². The number of aromatic amines is 1. The molecule has 3 aromatic rings. The number of imidazole rings is 1. The van der Waals surface area contributed by atoms with Crippen molar-refractivity contribution in [1.29, 1.82) is 0 Å². The molecule has 190 valence electrons. The van der Waals surface area contributed by atoms with Gasteiger partial charge in [0.05, 0.1) is 28.6 Å². The fourth-order valence-electron chi connectivity index (χ4n) is 5.50. The summed E-state index contributed by atoms with van der Waals surface area (Å²) in [7, 11) is -3.90. The lowest BCUT2D eigenvalue weighted by atomic mass is 9.81. The van der Waals surface area contributed by atoms with Crippen LogP contribution in [-0.4, -0.2) is 46.0 Å². The molecular weight excluding hydrogens is 515 g/mol. The SMILES string of the molecule is O=S(=O)(c1cc(-c2ncc(-c3ccc(C4CC4)c(C(F)(F)F)c3)[nH]2)ccc1Cl)N1C2CC(O)CC1C2. The highest BCUT2D eigenvalue weighted by molar-refractivity contribution is 7.89. The smallest absolute Gasteiger partial charge is 0.393 e. The number of nitrogens with one attached hydrogen (secondary N) is 1. The number of H-pyrrole nitrogens is 1. The summed E-state index contributed by atoms with van der Waals surface area (Å²) in [6.45, 7) is 0. The molecule has 2 saturated heterocycles. The highest BCUT2D eigenvalue weighted by Crippen LogP contribution is 2.47. The van der Waals surface area contributed by atoms with Gasteiger partial charge in [-0.05, 0) is 67.9 Å². The average molecular weight is 538 g/mol. The van der Waals surface area contributed by atoms with Gasteiger partial charge in [0.2, 0.25) is 10.0 Å². The lowest BCUT2D eigenvalue weighted by Crippen LogP contribution is -2.63. The second-order valence-electron chi connectivity index (χ2n) is 9.87. The van der Waals surface area contributed by atoms with E-state index in [1.54, 1.807) is 12.1 Å². The first-order valence-corrected chi connectivity index (χ1v) is 13.6. The maximum absolute atomic E-state index is 13.7. The number of benzene rings is 2. The molecule has 1 aliphatic carbocycles. The number of sulfonamides is 1. The first-order chi connectivity index (χ1) is 17.0. The molecule has 0 spiro atoms. The molecule has 0 amide bonds. The number of alkyl halides is 3. The molecule has 0 radical (unpaired) electrons. The first-order valence-electron chi connectivity index (χ1n) is 11.8. The molecule has 2 aliphatic heterocycles. The molecule has 3 heterocycles. The van der Waals surface area contributed by atoms with E-state index in [0.717, 1.165) is 18.9 Å². The number of hydrogen-bond donors (Lipinski definition) is 2. The number of halogens is 4. The van der Waals surface area contributed by atoms with Gasteiger partial charge in [-0.15, -0.1) is 0 Å². The standard InChI is InChI=1S/C25H23ClF3N3O3S/c26-21-6-4-15(8-23(21)36(34,35)32-16-9-17(32)11-18(33)10-16)24-30-12-22(31-24)14-3-5-19(13-1-2-13)20(7-14)25(27,28)29/h3-8,12-13,16-18,33H,1-2,9-11H2,(H,30,31). The third kappa shape index (κ3) is 4.04. The summed E-state index contributed by atoms with van der Waals surface area (Å²) < 4.78 is 69.3. The number of rotatable bonds is 5. The summed E-state index contributed by atoms with van der Waals surface area (Å²) in [5.74, 6) is 0.272. The lowest BCUT2D eigenvalue weighted by Gasteiger charge is -2.52. The highest BCUT2D eigenvalue weighted by Gasteiger charge is 2.51. The quantitative estimate of drug-likeness (QED) is 0.445. The van der Waals surface area contributed by atoms with E-state index in [0.29, 0.717) is 47.5 Å². The Kier molecular flexibility index (Phi) is 5.53. The van der Waals surface area contributed by atoms with Crippen molar-refractivity contribution in [2.75, 3.05) is 0 Å². The Hall–Kier alpha value is -2.40. The molecule has 1 saturated carbocycles. The second kappa shape index (κ2) is 8.31. The fraction of sp³-hybridized carbons (Fsp3) is 0.400. The first kappa shape index (κ1) is 24.0. The molecule has 2 unspecified atom stereocenters. The van der Waals surface area contributed by atoms with Crippen LogP contribution in [0.2, 0.25) is 5.02 Å². The predicted octanol–water partition coefficient (Wildman–Crippen LogP) is 5.58. The summed E-state index contributed by atoms with van der Waals surface area (Å²) >= 11 is 6.29. The van der Waals surface area contributed by atoms with Gasteiger partial charge in [-0.1, -0.05) is 23.7 Å². The van der Waals surface area contributed by atoms with Gasteiger partial charge in [0.25, 0.3) is 0 Å². The molecule has 2 aromatic carbocycles. The summed E-state index contributed by atoms with van der Waals surface area (Å²) in [5, 5.41) is 9.96. The van der Waals surface area contributed by atoms with Crippen LogP contribution in [0.3, 0.4) is 0 Å². The maximum Gasteiger partial charge on any atom is 0.416 e. The van der Waals surface area contributed by atoms with Gasteiger partial charge in [-0.2, -0.15) is 17.5 Å². The predicted molar refractivity (Wildman–Crippen MR) is 128 cm³/mol. The van der Waals surface area contributed by atoms with E-state index < -0.39 is 27.9 Å². The molecule has 36 heavy (non-hydrogen) atoms. The molecule has 6 nitrogen and oxygen atoms in total. The maximum atomic E-state index is 13.7. The minimum atomic E-state index is -4.46. The number of aromatic nitrogens is 2. The van der Waals surface area contributed by atoms with Gasteiger partial charge in [0.15, 0.2) is 0 Å². The Balaban J connectivity index is 1.32. The van der Waals surface area contributed by atoms with Crippen LogP contribution >= 0.6 is 11.6 Å². The van der Waals surface area contributed by atoms with E-state index in [9.17, 15) is 26.7 Å². The summed E-state index contributed by atoms with van der Waals surface area (Å²) in [4.78, 5) is 7.27. The zero-order chi connectivity index (χ0) is 25.4. The molecule has 2 atom stereocenters. The minimum absolute atomic E-state index is 0.0448. The number of hydrogen-bond acceptors (Lipinski definition) is 4. The van der Waals surface area contributed by atoms with E-state index in [1.165, 1.54) is 28.7 Å². The van der Waals surface area contributed by atoms with Gasteiger partial charge in [-0.25, -0.2) is 13.4 Å². The van der Waals surface area contributed by atoms with Crippen LogP contribution in [0, 0.1) is 0 Å². The zero-order valence-electron chi connectivity index (χ0n) is 19.0. The molecule has 11 heteroatoms. The van der Waals surface area contributed by atoms with Crippen molar-refractivity contribution in [2.24, 2.45) is 0 Å². The van der Waals surface area contributed by atoms with Crippen LogP contribution in [0.25, 0.3) is 22.6 Å². The van der Waals surface area contributed by atoms with Crippen LogP contribution in [0.15, 0.2) is 47.5 Å². The van der Waals surface area contributed by atoms with Crippen LogP contribution in [0.5, 0.6) is 0 Å². The van der Waals surface area contributed by atoms with Crippen LogP contribution in [0.1, 0.15) is 49.1 Å². The normalized spacial score (nSPS) is 24.5. The van der Waals surface area contributed by atoms with Crippen molar-refractivity contribution in [1.82, 2.24) is 14.3 Å². The van der Waals surface area contributed by atoms with Crippen molar-refractivity contribution in [3.63, 3.8) is 0 Å². The van der Waals surface area contributed by atoms with Gasteiger partial charge in [0, 0.05) is 23.2 Å². The van der Waals surface area contributed by atoms with E-state index in [1.807, 2.05) is 0 Å². The van der Waals surface area contributed by atoms with Gasteiger partial charge < -0.3 is 10.1 Å². The van der Waals surface area contributed by atoms with E-state index in [4.69, 9.17) is 11.6 Å².